The van der Waals surface area contributed by atoms with E-state index in [9.17, 15) is 8.78 Å². The molecule has 1 unspecified atom stereocenters. The Kier molecular flexibility index (Phi) is 3.67. The maximum Gasteiger partial charge on any atom is 0.126 e. The molecule has 2 N–H and O–H groups in total. The number of pyridine rings is 1. The minimum atomic E-state index is -0.614. The van der Waals surface area contributed by atoms with Crippen LogP contribution in [-0.2, 0) is 6.42 Å². The highest BCUT2D eigenvalue weighted by molar-refractivity contribution is 5.23. The number of aryl methyl sites for hydroxylation is 1. The van der Waals surface area contributed by atoms with E-state index in [1.54, 1.807) is 6.20 Å². The van der Waals surface area contributed by atoms with Gasteiger partial charge in [0, 0.05) is 30.4 Å². The summed E-state index contributed by atoms with van der Waals surface area (Å²) in [6, 6.07) is 6.67. The molecule has 18 heavy (non-hydrogen) atoms. The first-order valence-electron chi connectivity index (χ1n) is 5.67. The average Bonchev–Trinajstić information content (AvgIpc) is 2.31. The molecule has 1 atom stereocenters. The topological polar surface area (TPSA) is 38.9 Å². The fraction of sp³-hybridized carbons (Fsp3) is 0.214. The Morgan fingerprint density at radius 2 is 1.83 bits per heavy atom. The van der Waals surface area contributed by atoms with Gasteiger partial charge in [0.05, 0.1) is 0 Å². The summed E-state index contributed by atoms with van der Waals surface area (Å²) in [6.45, 7) is 1.94. The van der Waals surface area contributed by atoms with Crippen molar-refractivity contribution in [2.75, 3.05) is 0 Å². The van der Waals surface area contributed by atoms with Crippen molar-refractivity contribution in [2.24, 2.45) is 5.73 Å². The van der Waals surface area contributed by atoms with E-state index in [1.807, 2.05) is 19.1 Å². The van der Waals surface area contributed by atoms with E-state index in [1.165, 1.54) is 12.1 Å². The fourth-order valence-corrected chi connectivity index (χ4v) is 1.75. The Morgan fingerprint density at radius 3 is 2.39 bits per heavy atom. The van der Waals surface area contributed by atoms with Gasteiger partial charge in [-0.3, -0.25) is 4.98 Å². The largest absolute Gasteiger partial charge is 0.324 e. The van der Waals surface area contributed by atoms with Gasteiger partial charge in [0.1, 0.15) is 11.6 Å². The van der Waals surface area contributed by atoms with Crippen LogP contribution in [0.25, 0.3) is 0 Å². The number of rotatable bonds is 3. The Balaban J connectivity index is 2.16. The summed E-state index contributed by atoms with van der Waals surface area (Å²) in [5.74, 6) is -1.23. The summed E-state index contributed by atoms with van der Waals surface area (Å²) < 4.78 is 26.1. The molecule has 2 nitrogen and oxygen atoms in total. The van der Waals surface area contributed by atoms with E-state index in [4.69, 9.17) is 5.73 Å². The fourth-order valence-electron chi connectivity index (χ4n) is 1.75. The molecule has 1 aromatic carbocycles. The van der Waals surface area contributed by atoms with Gasteiger partial charge in [-0.05, 0) is 36.2 Å². The molecule has 4 heteroatoms. The lowest BCUT2D eigenvalue weighted by molar-refractivity contribution is 0.572. The van der Waals surface area contributed by atoms with Crippen LogP contribution in [0.1, 0.15) is 22.9 Å². The van der Waals surface area contributed by atoms with Gasteiger partial charge in [-0.2, -0.15) is 0 Å². The predicted octanol–water partition coefficient (Wildman–Crippen LogP) is 2.91. The van der Waals surface area contributed by atoms with E-state index < -0.39 is 17.7 Å². The third kappa shape index (κ3) is 3.11. The second-order valence-electron chi connectivity index (χ2n) is 4.34. The second kappa shape index (κ2) is 5.23. The molecule has 0 amide bonds. The van der Waals surface area contributed by atoms with Crippen LogP contribution in [-0.4, -0.2) is 4.98 Å². The second-order valence-corrected chi connectivity index (χ2v) is 4.34. The van der Waals surface area contributed by atoms with Crippen molar-refractivity contribution in [2.45, 2.75) is 19.4 Å². The van der Waals surface area contributed by atoms with Gasteiger partial charge in [0.25, 0.3) is 0 Å². The molecule has 0 spiro atoms. The molecule has 2 rings (SSSR count). The number of hydrogen-bond acceptors (Lipinski definition) is 2. The highest BCUT2D eigenvalue weighted by atomic mass is 19.1. The number of hydrogen-bond donors (Lipinski definition) is 1. The zero-order chi connectivity index (χ0) is 13.1. The zero-order valence-electron chi connectivity index (χ0n) is 10.0. The van der Waals surface area contributed by atoms with Gasteiger partial charge in [-0.15, -0.1) is 0 Å². The first-order chi connectivity index (χ1) is 8.54. The number of nitrogens with zero attached hydrogens (tertiary/aromatic N) is 1. The molecule has 1 heterocycles. The molecular weight excluding hydrogens is 234 g/mol. The van der Waals surface area contributed by atoms with E-state index in [0.29, 0.717) is 12.0 Å². The Morgan fingerprint density at radius 1 is 1.17 bits per heavy atom. The van der Waals surface area contributed by atoms with Gasteiger partial charge in [0.15, 0.2) is 0 Å². The van der Waals surface area contributed by atoms with Crippen molar-refractivity contribution >= 4 is 0 Å². The maximum absolute atomic E-state index is 13.1. The SMILES string of the molecule is Cc1ccc(CC(N)c2cc(F)cc(F)c2)nc1. The summed E-state index contributed by atoms with van der Waals surface area (Å²) in [5.41, 5.74) is 8.23. The molecule has 0 aliphatic rings. The highest BCUT2D eigenvalue weighted by Crippen LogP contribution is 2.17. The summed E-state index contributed by atoms with van der Waals surface area (Å²) in [6.07, 6.45) is 2.19. The van der Waals surface area contributed by atoms with Gasteiger partial charge in [0.2, 0.25) is 0 Å². The predicted molar refractivity (Wildman–Crippen MR) is 66.0 cm³/mol. The zero-order valence-corrected chi connectivity index (χ0v) is 10.0. The van der Waals surface area contributed by atoms with E-state index in [2.05, 4.69) is 4.98 Å². The van der Waals surface area contributed by atoms with Crippen LogP contribution in [0, 0.1) is 18.6 Å². The lowest BCUT2D eigenvalue weighted by Crippen LogP contribution is -2.14. The van der Waals surface area contributed by atoms with Crippen LogP contribution in [0.3, 0.4) is 0 Å². The normalized spacial score (nSPS) is 12.4. The Hall–Kier alpha value is -1.81. The maximum atomic E-state index is 13.1. The number of nitrogens with two attached hydrogens (primary N) is 1. The molecule has 0 radical (unpaired) electrons. The summed E-state index contributed by atoms with van der Waals surface area (Å²) in [4.78, 5) is 4.22. The lowest BCUT2D eigenvalue weighted by atomic mass is 10.0. The van der Waals surface area contributed by atoms with E-state index in [-0.39, 0.29) is 0 Å². The molecular formula is C14H14F2N2. The molecule has 2 aromatic rings. The van der Waals surface area contributed by atoms with Gasteiger partial charge in [-0.25, -0.2) is 8.78 Å². The molecule has 1 aromatic heterocycles. The van der Waals surface area contributed by atoms with E-state index in [0.717, 1.165) is 17.3 Å². The average molecular weight is 248 g/mol. The molecule has 0 saturated heterocycles. The smallest absolute Gasteiger partial charge is 0.126 e. The van der Waals surface area contributed by atoms with Crippen molar-refractivity contribution < 1.29 is 8.78 Å². The van der Waals surface area contributed by atoms with Crippen molar-refractivity contribution in [3.63, 3.8) is 0 Å². The van der Waals surface area contributed by atoms with Crippen molar-refractivity contribution in [1.29, 1.82) is 0 Å². The Bertz CT molecular complexity index is 518. The molecule has 0 fully saturated rings. The molecule has 0 aliphatic heterocycles. The van der Waals surface area contributed by atoms with Crippen molar-refractivity contribution in [1.82, 2.24) is 4.98 Å². The van der Waals surface area contributed by atoms with Gasteiger partial charge < -0.3 is 5.73 Å². The van der Waals surface area contributed by atoms with Crippen molar-refractivity contribution in [3.05, 3.63) is 65.0 Å². The molecule has 94 valence electrons. The Labute approximate surface area is 104 Å². The van der Waals surface area contributed by atoms with Crippen LogP contribution in [0.5, 0.6) is 0 Å². The monoisotopic (exact) mass is 248 g/mol. The van der Waals surface area contributed by atoms with Crippen LogP contribution in [0.15, 0.2) is 36.5 Å². The molecule has 0 bridgehead atoms. The van der Waals surface area contributed by atoms with Crippen LogP contribution < -0.4 is 5.73 Å². The van der Waals surface area contributed by atoms with Crippen LogP contribution in [0.2, 0.25) is 0 Å². The molecule has 0 saturated carbocycles. The third-order valence-electron chi connectivity index (χ3n) is 2.71. The first-order valence-corrected chi connectivity index (χ1v) is 5.67. The lowest BCUT2D eigenvalue weighted by Gasteiger charge is -2.12. The minimum absolute atomic E-state index is 0.440. The number of halogens is 2. The van der Waals surface area contributed by atoms with Crippen LogP contribution >= 0.6 is 0 Å². The summed E-state index contributed by atoms with van der Waals surface area (Å²) in [5, 5.41) is 0. The quantitative estimate of drug-likeness (QED) is 0.907. The minimum Gasteiger partial charge on any atom is -0.324 e. The van der Waals surface area contributed by atoms with Crippen LogP contribution in [0.4, 0.5) is 8.78 Å². The number of aromatic nitrogens is 1. The van der Waals surface area contributed by atoms with E-state index >= 15 is 0 Å². The first kappa shape index (κ1) is 12.6. The standard InChI is InChI=1S/C14H14F2N2/c1-9-2-3-13(18-8-9)7-14(17)10-4-11(15)6-12(16)5-10/h2-6,8,14H,7,17H2,1H3. The summed E-state index contributed by atoms with van der Waals surface area (Å²) >= 11 is 0. The molecule has 0 aliphatic carbocycles. The third-order valence-corrected chi connectivity index (χ3v) is 2.71. The highest BCUT2D eigenvalue weighted by Gasteiger charge is 2.10. The number of benzene rings is 1. The van der Waals surface area contributed by atoms with Crippen molar-refractivity contribution in [3.8, 4) is 0 Å². The summed E-state index contributed by atoms with van der Waals surface area (Å²) in [7, 11) is 0. The van der Waals surface area contributed by atoms with Gasteiger partial charge in [-0.1, -0.05) is 6.07 Å². The van der Waals surface area contributed by atoms with Gasteiger partial charge >= 0.3 is 0 Å².